The van der Waals surface area contributed by atoms with Crippen LogP contribution in [0.1, 0.15) is 65.2 Å². The third-order valence-electron chi connectivity index (χ3n) is 4.30. The van der Waals surface area contributed by atoms with Crippen molar-refractivity contribution in [1.82, 2.24) is 10.5 Å². The van der Waals surface area contributed by atoms with Crippen molar-refractivity contribution in [2.24, 2.45) is 5.41 Å². The first kappa shape index (κ1) is 14.9. The van der Waals surface area contributed by atoms with E-state index in [4.69, 9.17) is 8.94 Å². The minimum Gasteiger partial charge on any atom is -0.466 e. The van der Waals surface area contributed by atoms with Gasteiger partial charge in [0.25, 0.3) is 5.91 Å². The highest BCUT2D eigenvalue weighted by Crippen LogP contribution is 2.42. The zero-order valence-corrected chi connectivity index (χ0v) is 13.7. The van der Waals surface area contributed by atoms with Crippen molar-refractivity contribution >= 4 is 5.91 Å². The van der Waals surface area contributed by atoms with Crippen molar-refractivity contribution in [2.45, 2.75) is 53.5 Å². The number of carbonyl (C=O) groups is 1. The first-order chi connectivity index (χ1) is 10.3. The van der Waals surface area contributed by atoms with Crippen molar-refractivity contribution in [2.75, 3.05) is 0 Å². The van der Waals surface area contributed by atoms with Crippen LogP contribution in [0.3, 0.4) is 0 Å². The van der Waals surface area contributed by atoms with Gasteiger partial charge in [0.15, 0.2) is 0 Å². The number of aryl methyl sites for hydroxylation is 3. The third kappa shape index (κ3) is 2.56. The number of aromatic nitrogens is 1. The van der Waals surface area contributed by atoms with Crippen molar-refractivity contribution in [1.29, 1.82) is 0 Å². The maximum atomic E-state index is 12.6. The number of hydrogen-bond acceptors (Lipinski definition) is 4. The fourth-order valence-electron chi connectivity index (χ4n) is 3.35. The summed E-state index contributed by atoms with van der Waals surface area (Å²) in [5, 5.41) is 6.98. The van der Waals surface area contributed by atoms with Gasteiger partial charge in [-0.3, -0.25) is 4.79 Å². The van der Waals surface area contributed by atoms with E-state index >= 15 is 0 Å². The summed E-state index contributed by atoms with van der Waals surface area (Å²) < 4.78 is 10.9. The Labute approximate surface area is 130 Å². The summed E-state index contributed by atoms with van der Waals surface area (Å²) >= 11 is 0. The molecule has 1 amide bonds. The smallest absolute Gasteiger partial charge is 0.257 e. The van der Waals surface area contributed by atoms with Crippen LogP contribution in [0.5, 0.6) is 0 Å². The van der Waals surface area contributed by atoms with Crippen LogP contribution in [0, 0.1) is 26.2 Å². The summed E-state index contributed by atoms with van der Waals surface area (Å²) in [6.07, 6.45) is 1.78. The van der Waals surface area contributed by atoms with Crippen LogP contribution in [0.4, 0.5) is 0 Å². The molecule has 0 aromatic carbocycles. The molecule has 1 aliphatic carbocycles. The zero-order chi connectivity index (χ0) is 16.1. The van der Waals surface area contributed by atoms with Crippen LogP contribution in [0.2, 0.25) is 0 Å². The van der Waals surface area contributed by atoms with E-state index in [9.17, 15) is 4.79 Å². The average molecular weight is 302 g/mol. The second-order valence-corrected chi connectivity index (χ2v) is 7.01. The molecular formula is C17H22N2O3. The summed E-state index contributed by atoms with van der Waals surface area (Å²) in [7, 11) is 0. The molecule has 5 nitrogen and oxygen atoms in total. The molecule has 3 rings (SSSR count). The highest BCUT2D eigenvalue weighted by atomic mass is 16.5. The average Bonchev–Trinajstić information content (AvgIpc) is 2.90. The Morgan fingerprint density at radius 2 is 2.09 bits per heavy atom. The van der Waals surface area contributed by atoms with Gasteiger partial charge in [0, 0.05) is 12.0 Å². The van der Waals surface area contributed by atoms with Gasteiger partial charge in [-0.25, -0.2) is 0 Å². The summed E-state index contributed by atoms with van der Waals surface area (Å²) in [5.41, 5.74) is 2.34. The molecule has 0 saturated carbocycles. The lowest BCUT2D eigenvalue weighted by Gasteiger charge is -2.34. The van der Waals surface area contributed by atoms with Crippen LogP contribution in [0.25, 0.3) is 0 Å². The number of nitrogens with one attached hydrogen (secondary N) is 1. The van der Waals surface area contributed by atoms with E-state index in [0.717, 1.165) is 29.9 Å². The number of furan rings is 1. The van der Waals surface area contributed by atoms with Gasteiger partial charge in [-0.15, -0.1) is 0 Å². The lowest BCUT2D eigenvalue weighted by Crippen LogP contribution is -2.36. The Balaban J connectivity index is 1.90. The molecule has 1 unspecified atom stereocenters. The molecule has 0 spiro atoms. The van der Waals surface area contributed by atoms with E-state index in [1.54, 1.807) is 13.8 Å². The minimum absolute atomic E-state index is 0.0441. The topological polar surface area (TPSA) is 68.3 Å². The molecular weight excluding hydrogens is 280 g/mol. The number of carbonyl (C=O) groups excluding carboxylic acids is 1. The van der Waals surface area contributed by atoms with Gasteiger partial charge in [0.2, 0.25) is 0 Å². The lowest BCUT2D eigenvalue weighted by molar-refractivity contribution is 0.0915. The molecule has 0 saturated heterocycles. The number of fused-ring (bicyclic) bond motifs is 1. The Bertz CT molecular complexity index is 705. The predicted molar refractivity (Wildman–Crippen MR) is 81.7 cm³/mol. The largest absolute Gasteiger partial charge is 0.466 e. The molecule has 0 aliphatic heterocycles. The first-order valence-corrected chi connectivity index (χ1v) is 7.60. The van der Waals surface area contributed by atoms with E-state index in [1.165, 1.54) is 0 Å². The maximum absolute atomic E-state index is 12.6. The molecule has 0 fully saturated rings. The van der Waals surface area contributed by atoms with Crippen LogP contribution in [-0.2, 0) is 6.42 Å². The number of nitrogens with zero attached hydrogens (tertiary/aromatic N) is 1. The molecule has 1 aliphatic rings. The van der Waals surface area contributed by atoms with Crippen LogP contribution in [-0.4, -0.2) is 11.1 Å². The van der Waals surface area contributed by atoms with Gasteiger partial charge in [0.05, 0.1) is 11.7 Å². The zero-order valence-electron chi connectivity index (χ0n) is 13.7. The van der Waals surface area contributed by atoms with Crippen molar-refractivity contribution in [3.8, 4) is 0 Å². The SMILES string of the molecule is Cc1cc2c(o1)CC(C)(C)CC2NC(=O)c1c(C)noc1C. The minimum atomic E-state index is -0.135. The standard InChI is InChI=1S/C17H22N2O3/c1-9-6-12-13(7-17(4,5)8-14(12)21-9)18-16(20)15-10(2)19-22-11(15)3/h6,13H,7-8H2,1-5H3,(H,18,20). The van der Waals surface area contributed by atoms with Gasteiger partial charge in [-0.05, 0) is 38.7 Å². The summed E-state index contributed by atoms with van der Waals surface area (Å²) in [5.74, 6) is 2.29. The molecule has 5 heteroatoms. The molecule has 2 heterocycles. The van der Waals surface area contributed by atoms with Gasteiger partial charge in [0.1, 0.15) is 22.8 Å². The highest BCUT2D eigenvalue weighted by Gasteiger charge is 2.36. The second-order valence-electron chi connectivity index (χ2n) is 7.01. The summed E-state index contributed by atoms with van der Waals surface area (Å²) in [6.45, 7) is 9.88. The Hall–Kier alpha value is -2.04. The van der Waals surface area contributed by atoms with Crippen molar-refractivity contribution in [3.05, 3.63) is 40.2 Å². The van der Waals surface area contributed by atoms with Gasteiger partial charge in [-0.2, -0.15) is 0 Å². The van der Waals surface area contributed by atoms with Gasteiger partial charge < -0.3 is 14.3 Å². The lowest BCUT2D eigenvalue weighted by atomic mass is 9.74. The number of amides is 1. The molecule has 0 radical (unpaired) electrons. The molecule has 1 N–H and O–H groups in total. The summed E-state index contributed by atoms with van der Waals surface area (Å²) in [4.78, 5) is 12.6. The highest BCUT2D eigenvalue weighted by molar-refractivity contribution is 5.96. The van der Waals surface area contributed by atoms with Gasteiger partial charge >= 0.3 is 0 Å². The third-order valence-corrected chi connectivity index (χ3v) is 4.30. The maximum Gasteiger partial charge on any atom is 0.257 e. The van der Waals surface area contributed by atoms with E-state index < -0.39 is 0 Å². The van der Waals surface area contributed by atoms with E-state index in [1.807, 2.05) is 13.0 Å². The monoisotopic (exact) mass is 302 g/mol. The molecule has 0 bridgehead atoms. The van der Waals surface area contributed by atoms with Crippen molar-refractivity contribution in [3.63, 3.8) is 0 Å². The molecule has 2 aromatic heterocycles. The first-order valence-electron chi connectivity index (χ1n) is 7.60. The van der Waals surface area contributed by atoms with Crippen LogP contribution < -0.4 is 5.32 Å². The molecule has 2 aromatic rings. The number of hydrogen-bond donors (Lipinski definition) is 1. The Morgan fingerprint density at radius 1 is 1.36 bits per heavy atom. The molecule has 118 valence electrons. The number of rotatable bonds is 2. The second kappa shape index (κ2) is 5.00. The summed E-state index contributed by atoms with van der Waals surface area (Å²) in [6, 6.07) is 1.99. The van der Waals surface area contributed by atoms with E-state index in [0.29, 0.717) is 17.0 Å². The predicted octanol–water partition coefficient (Wildman–Crippen LogP) is 3.64. The van der Waals surface area contributed by atoms with E-state index in [2.05, 4.69) is 24.3 Å². The van der Waals surface area contributed by atoms with Crippen LogP contribution in [0.15, 0.2) is 15.0 Å². The van der Waals surface area contributed by atoms with Gasteiger partial charge in [-0.1, -0.05) is 19.0 Å². The van der Waals surface area contributed by atoms with E-state index in [-0.39, 0.29) is 17.4 Å². The fraction of sp³-hybridized carbons (Fsp3) is 0.529. The molecule has 1 atom stereocenters. The quantitative estimate of drug-likeness (QED) is 0.919. The van der Waals surface area contributed by atoms with Crippen LogP contribution >= 0.6 is 0 Å². The normalized spacial score (nSPS) is 19.8. The molecule has 22 heavy (non-hydrogen) atoms. The Kier molecular flexibility index (Phi) is 3.38. The van der Waals surface area contributed by atoms with Crippen molar-refractivity contribution < 1.29 is 13.7 Å². The Morgan fingerprint density at radius 3 is 2.73 bits per heavy atom. The fourth-order valence-corrected chi connectivity index (χ4v) is 3.35.